The topological polar surface area (TPSA) is 92.2 Å². The van der Waals surface area contributed by atoms with E-state index in [1.54, 1.807) is 12.1 Å². The van der Waals surface area contributed by atoms with Crippen LogP contribution in [-0.2, 0) is 0 Å². The number of aryl methyl sites for hydroxylation is 1. The van der Waals surface area contributed by atoms with Crippen molar-refractivity contribution in [3.05, 3.63) is 53.6 Å². The quantitative estimate of drug-likeness (QED) is 0.873. The highest BCUT2D eigenvalue weighted by molar-refractivity contribution is 6.08. The van der Waals surface area contributed by atoms with E-state index in [0.29, 0.717) is 5.69 Å². The Hall–Kier alpha value is -2.76. The van der Waals surface area contributed by atoms with E-state index in [4.69, 9.17) is 5.11 Å². The lowest BCUT2D eigenvalue weighted by Crippen LogP contribution is -2.19. The molecule has 0 unspecified atom stereocenters. The molecule has 0 radical (unpaired) electrons. The van der Waals surface area contributed by atoms with Gasteiger partial charge in [-0.2, -0.15) is 0 Å². The number of anilines is 1. The van der Waals surface area contributed by atoms with E-state index in [1.165, 1.54) is 12.4 Å². The first-order chi connectivity index (χ1) is 9.08. The summed E-state index contributed by atoms with van der Waals surface area (Å²) in [5.41, 5.74) is 1.05. The lowest BCUT2D eigenvalue weighted by atomic mass is 10.2. The third kappa shape index (κ3) is 2.92. The molecule has 0 aliphatic carbocycles. The van der Waals surface area contributed by atoms with Crippen LogP contribution in [0.1, 0.15) is 26.5 Å². The van der Waals surface area contributed by atoms with Crippen LogP contribution in [0, 0.1) is 6.92 Å². The molecule has 6 heteroatoms. The zero-order valence-electron chi connectivity index (χ0n) is 10.1. The van der Waals surface area contributed by atoms with E-state index in [0.717, 1.165) is 5.56 Å². The molecule has 1 aromatic carbocycles. The Balaban J connectivity index is 2.25. The molecule has 0 aliphatic heterocycles. The number of aromatic carboxylic acids is 1. The number of rotatable bonds is 3. The van der Waals surface area contributed by atoms with E-state index in [-0.39, 0.29) is 11.4 Å². The third-order valence-electron chi connectivity index (χ3n) is 2.43. The summed E-state index contributed by atoms with van der Waals surface area (Å²) in [5.74, 6) is -1.89. The van der Waals surface area contributed by atoms with Crippen LogP contribution < -0.4 is 5.32 Å². The number of nitrogens with zero attached hydrogens (tertiary/aromatic N) is 2. The van der Waals surface area contributed by atoms with Crippen LogP contribution in [0.15, 0.2) is 36.7 Å². The molecule has 1 amide bonds. The lowest BCUT2D eigenvalue weighted by molar-refractivity contribution is 0.0685. The van der Waals surface area contributed by atoms with Crippen molar-refractivity contribution in [3.63, 3.8) is 0 Å². The highest BCUT2D eigenvalue weighted by Gasteiger charge is 2.19. The number of carbonyl (C=O) groups is 2. The van der Waals surface area contributed by atoms with Gasteiger partial charge >= 0.3 is 5.97 Å². The van der Waals surface area contributed by atoms with E-state index in [1.807, 2.05) is 19.1 Å². The number of carboxylic acids is 1. The van der Waals surface area contributed by atoms with Crippen LogP contribution in [0.2, 0.25) is 0 Å². The molecule has 0 aliphatic rings. The van der Waals surface area contributed by atoms with Gasteiger partial charge < -0.3 is 10.4 Å². The molecule has 6 nitrogen and oxygen atoms in total. The zero-order chi connectivity index (χ0) is 13.8. The first-order valence-electron chi connectivity index (χ1n) is 5.50. The van der Waals surface area contributed by atoms with E-state index in [9.17, 15) is 9.59 Å². The van der Waals surface area contributed by atoms with Gasteiger partial charge in [-0.25, -0.2) is 14.8 Å². The van der Waals surface area contributed by atoms with Crippen molar-refractivity contribution in [3.8, 4) is 0 Å². The van der Waals surface area contributed by atoms with Gasteiger partial charge in [-0.05, 0) is 19.1 Å². The minimum Gasteiger partial charge on any atom is -0.476 e. The second-order valence-corrected chi connectivity index (χ2v) is 3.88. The zero-order valence-corrected chi connectivity index (χ0v) is 10.1. The summed E-state index contributed by atoms with van der Waals surface area (Å²) in [5, 5.41) is 11.5. The molecule has 0 spiro atoms. The summed E-state index contributed by atoms with van der Waals surface area (Å²) in [7, 11) is 0. The van der Waals surface area contributed by atoms with Gasteiger partial charge in [-0.1, -0.05) is 17.7 Å². The number of benzene rings is 1. The van der Waals surface area contributed by atoms with Crippen molar-refractivity contribution < 1.29 is 14.7 Å². The van der Waals surface area contributed by atoms with E-state index < -0.39 is 11.9 Å². The van der Waals surface area contributed by atoms with E-state index >= 15 is 0 Å². The number of carbonyl (C=O) groups excluding carboxylic acids is 1. The Kier molecular flexibility index (Phi) is 3.51. The molecule has 0 saturated carbocycles. The van der Waals surface area contributed by atoms with Gasteiger partial charge in [0, 0.05) is 18.1 Å². The van der Waals surface area contributed by atoms with Gasteiger partial charge in [-0.3, -0.25) is 4.79 Å². The maximum Gasteiger partial charge on any atom is 0.356 e. The summed E-state index contributed by atoms with van der Waals surface area (Å²) >= 11 is 0. The first-order valence-corrected chi connectivity index (χ1v) is 5.50. The Bertz CT molecular complexity index is 623. The number of hydrogen-bond donors (Lipinski definition) is 2. The molecule has 0 atom stereocenters. The van der Waals surface area contributed by atoms with Crippen molar-refractivity contribution in [1.29, 1.82) is 0 Å². The lowest BCUT2D eigenvalue weighted by Gasteiger charge is -2.06. The van der Waals surface area contributed by atoms with Gasteiger partial charge in [0.15, 0.2) is 11.4 Å². The van der Waals surface area contributed by atoms with Gasteiger partial charge in [0.25, 0.3) is 5.91 Å². The fourth-order valence-electron chi connectivity index (χ4n) is 1.49. The van der Waals surface area contributed by atoms with Crippen LogP contribution in [0.5, 0.6) is 0 Å². The van der Waals surface area contributed by atoms with Crippen LogP contribution in [0.4, 0.5) is 5.69 Å². The first kappa shape index (κ1) is 12.7. The van der Waals surface area contributed by atoms with Crippen LogP contribution >= 0.6 is 0 Å². The molecular weight excluding hydrogens is 246 g/mol. The fourth-order valence-corrected chi connectivity index (χ4v) is 1.49. The minimum atomic E-state index is -1.29. The average Bonchev–Trinajstić information content (AvgIpc) is 2.41. The Morgan fingerprint density at radius 3 is 2.21 bits per heavy atom. The maximum atomic E-state index is 11.9. The molecule has 2 rings (SSSR count). The Morgan fingerprint density at radius 1 is 1.05 bits per heavy atom. The summed E-state index contributed by atoms with van der Waals surface area (Å²) in [6, 6.07) is 7.13. The Labute approximate surface area is 109 Å². The number of carboxylic acid groups (broad SMARTS) is 1. The van der Waals surface area contributed by atoms with Gasteiger partial charge in [-0.15, -0.1) is 0 Å². The summed E-state index contributed by atoms with van der Waals surface area (Å²) < 4.78 is 0. The second-order valence-electron chi connectivity index (χ2n) is 3.88. The van der Waals surface area contributed by atoms with Gasteiger partial charge in [0.05, 0.1) is 0 Å². The normalized spacial score (nSPS) is 9.95. The molecule has 1 heterocycles. The van der Waals surface area contributed by atoms with Gasteiger partial charge in [0.2, 0.25) is 0 Å². The van der Waals surface area contributed by atoms with Crippen molar-refractivity contribution in [2.45, 2.75) is 6.92 Å². The summed E-state index contributed by atoms with van der Waals surface area (Å²) in [6.45, 7) is 1.93. The Morgan fingerprint density at radius 2 is 1.63 bits per heavy atom. The summed E-state index contributed by atoms with van der Waals surface area (Å²) in [6.07, 6.45) is 2.50. The summed E-state index contributed by atoms with van der Waals surface area (Å²) in [4.78, 5) is 30.3. The predicted molar refractivity (Wildman–Crippen MR) is 68.1 cm³/mol. The van der Waals surface area contributed by atoms with Crippen molar-refractivity contribution in [1.82, 2.24) is 9.97 Å². The average molecular weight is 257 g/mol. The maximum absolute atomic E-state index is 11.9. The van der Waals surface area contributed by atoms with Crippen molar-refractivity contribution >= 4 is 17.6 Å². The molecular formula is C13H11N3O3. The number of hydrogen-bond acceptors (Lipinski definition) is 4. The van der Waals surface area contributed by atoms with Crippen LogP contribution in [-0.4, -0.2) is 27.0 Å². The third-order valence-corrected chi connectivity index (χ3v) is 2.43. The molecule has 1 aromatic heterocycles. The molecule has 19 heavy (non-hydrogen) atoms. The second kappa shape index (κ2) is 5.26. The monoisotopic (exact) mass is 257 g/mol. The molecule has 2 N–H and O–H groups in total. The van der Waals surface area contributed by atoms with Crippen molar-refractivity contribution in [2.75, 3.05) is 5.32 Å². The highest BCUT2D eigenvalue weighted by atomic mass is 16.4. The largest absolute Gasteiger partial charge is 0.476 e. The van der Waals surface area contributed by atoms with Crippen LogP contribution in [0.3, 0.4) is 0 Å². The molecule has 0 fully saturated rings. The smallest absolute Gasteiger partial charge is 0.356 e. The molecule has 96 valence electrons. The minimum absolute atomic E-state index is 0.212. The fraction of sp³-hybridized carbons (Fsp3) is 0.0769. The van der Waals surface area contributed by atoms with Crippen molar-refractivity contribution in [2.24, 2.45) is 0 Å². The van der Waals surface area contributed by atoms with E-state index in [2.05, 4.69) is 15.3 Å². The highest BCUT2D eigenvalue weighted by Crippen LogP contribution is 2.11. The van der Waals surface area contributed by atoms with Gasteiger partial charge in [0.1, 0.15) is 0 Å². The molecule has 0 saturated heterocycles. The molecule has 2 aromatic rings. The standard InChI is InChI=1S/C13H11N3O3/c1-8-2-4-9(5-3-8)16-12(17)10-11(13(18)19)15-7-6-14-10/h2-7H,1H3,(H,16,17)(H,18,19). The SMILES string of the molecule is Cc1ccc(NC(=O)c2nccnc2C(=O)O)cc1. The number of aromatic nitrogens is 2. The number of nitrogens with one attached hydrogen (secondary N) is 1. The number of amides is 1. The molecule has 0 bridgehead atoms. The predicted octanol–water partition coefficient (Wildman–Crippen LogP) is 1.74. The van der Waals surface area contributed by atoms with Crippen LogP contribution in [0.25, 0.3) is 0 Å².